The summed E-state index contributed by atoms with van der Waals surface area (Å²) in [7, 11) is -1.49. The van der Waals surface area contributed by atoms with Gasteiger partial charge in [0, 0.05) is 32.0 Å². The zero-order chi connectivity index (χ0) is 11.8. The molecule has 1 aliphatic rings. The van der Waals surface area contributed by atoms with Crippen molar-refractivity contribution in [3.63, 3.8) is 0 Å². The topological polar surface area (TPSA) is 42.3 Å². The number of aryl methyl sites for hydroxylation is 1. The fraction of sp³-hybridized carbons (Fsp3) is 0.600. The van der Waals surface area contributed by atoms with Crippen molar-refractivity contribution < 1.29 is 8.42 Å². The van der Waals surface area contributed by atoms with E-state index in [-0.39, 0.29) is 0 Å². The number of rotatable bonds is 3. The molecule has 0 aromatic carbocycles. The monoisotopic (exact) mass is 262 g/mol. The minimum Gasteiger partial charge on any atom is -0.352 e. The van der Waals surface area contributed by atoms with Crippen molar-refractivity contribution in [2.45, 2.75) is 23.6 Å². The van der Waals surface area contributed by atoms with Crippen LogP contribution in [0, 0.1) is 0 Å². The number of sulfonamides is 1. The van der Waals surface area contributed by atoms with Crippen LogP contribution in [0.1, 0.15) is 18.5 Å². The molecule has 1 aliphatic heterocycles. The minimum atomic E-state index is -3.30. The number of aromatic nitrogens is 1. The minimum absolute atomic E-state index is 0.325. The summed E-state index contributed by atoms with van der Waals surface area (Å²) in [6.07, 6.45) is 3.54. The number of nitrogens with zero attached hydrogens (tertiary/aromatic N) is 2. The Bertz CT molecular complexity index is 475. The van der Waals surface area contributed by atoms with Crippen LogP contribution in [0.5, 0.6) is 0 Å². The molecular formula is C10H15ClN2O2S. The molecule has 1 aromatic heterocycles. The molecule has 0 amide bonds. The standard InChI is InChI=1S/C10H15ClN2O2S/c1-12-8-10(6-9(12)7-11)16(14,15)13-4-2-3-5-13/h6,8H,2-5,7H2,1H3. The predicted molar refractivity (Wildman–Crippen MR) is 63.0 cm³/mol. The highest BCUT2D eigenvalue weighted by Gasteiger charge is 2.28. The van der Waals surface area contributed by atoms with Crippen LogP contribution < -0.4 is 0 Å². The second-order valence-corrected chi connectivity index (χ2v) is 6.23. The summed E-state index contributed by atoms with van der Waals surface area (Å²) in [5.41, 5.74) is 0.819. The molecule has 4 nitrogen and oxygen atoms in total. The molecule has 0 saturated carbocycles. The Balaban J connectivity index is 2.35. The molecule has 1 fully saturated rings. The Morgan fingerprint density at radius 3 is 2.50 bits per heavy atom. The van der Waals surface area contributed by atoms with Crippen LogP contribution in [-0.4, -0.2) is 30.4 Å². The highest BCUT2D eigenvalue weighted by atomic mass is 35.5. The lowest BCUT2D eigenvalue weighted by atomic mass is 10.4. The molecule has 0 unspecified atom stereocenters. The van der Waals surface area contributed by atoms with Crippen molar-refractivity contribution in [1.29, 1.82) is 0 Å². The molecule has 90 valence electrons. The smallest absolute Gasteiger partial charge is 0.244 e. The van der Waals surface area contributed by atoms with Gasteiger partial charge in [-0.25, -0.2) is 8.42 Å². The Kier molecular flexibility index (Phi) is 3.28. The molecule has 0 atom stereocenters. The van der Waals surface area contributed by atoms with Crippen molar-refractivity contribution in [1.82, 2.24) is 8.87 Å². The summed E-state index contributed by atoms with van der Waals surface area (Å²) in [6, 6.07) is 1.65. The first-order chi connectivity index (χ1) is 7.55. The van der Waals surface area contributed by atoms with Crippen LogP contribution in [-0.2, 0) is 23.0 Å². The van der Waals surface area contributed by atoms with Gasteiger partial charge in [-0.1, -0.05) is 0 Å². The van der Waals surface area contributed by atoms with Crippen molar-refractivity contribution in [2.75, 3.05) is 13.1 Å². The Hall–Kier alpha value is -0.520. The summed E-state index contributed by atoms with van der Waals surface area (Å²) in [6.45, 7) is 1.26. The summed E-state index contributed by atoms with van der Waals surface area (Å²) in [5.74, 6) is 0.325. The van der Waals surface area contributed by atoms with E-state index in [2.05, 4.69) is 0 Å². The fourth-order valence-corrected chi connectivity index (χ4v) is 3.81. The van der Waals surface area contributed by atoms with Crippen molar-refractivity contribution in [3.8, 4) is 0 Å². The Morgan fingerprint density at radius 2 is 2.00 bits per heavy atom. The fourth-order valence-electron chi connectivity index (χ4n) is 1.93. The zero-order valence-electron chi connectivity index (χ0n) is 9.19. The lowest BCUT2D eigenvalue weighted by Crippen LogP contribution is -2.27. The van der Waals surface area contributed by atoms with Crippen LogP contribution in [0.4, 0.5) is 0 Å². The predicted octanol–water partition coefficient (Wildman–Crippen LogP) is 1.55. The van der Waals surface area contributed by atoms with Crippen molar-refractivity contribution in [3.05, 3.63) is 18.0 Å². The molecular weight excluding hydrogens is 248 g/mol. The SMILES string of the molecule is Cn1cc(S(=O)(=O)N2CCCC2)cc1CCl. The molecule has 16 heavy (non-hydrogen) atoms. The van der Waals surface area contributed by atoms with Gasteiger partial charge in [-0.3, -0.25) is 0 Å². The van der Waals surface area contributed by atoms with E-state index in [0.717, 1.165) is 18.5 Å². The maximum absolute atomic E-state index is 12.2. The number of alkyl halides is 1. The summed E-state index contributed by atoms with van der Waals surface area (Å²) in [5, 5.41) is 0. The first kappa shape index (κ1) is 12.0. The van der Waals surface area contributed by atoms with Gasteiger partial charge in [0.1, 0.15) is 4.90 Å². The average molecular weight is 263 g/mol. The molecule has 0 radical (unpaired) electrons. The Morgan fingerprint density at radius 1 is 1.38 bits per heavy atom. The third-order valence-electron chi connectivity index (χ3n) is 2.92. The van der Waals surface area contributed by atoms with Gasteiger partial charge in [0.2, 0.25) is 10.0 Å². The highest BCUT2D eigenvalue weighted by molar-refractivity contribution is 7.89. The maximum Gasteiger partial charge on any atom is 0.244 e. The van der Waals surface area contributed by atoms with E-state index in [1.807, 2.05) is 0 Å². The van der Waals surface area contributed by atoms with Crippen LogP contribution in [0.25, 0.3) is 0 Å². The molecule has 2 rings (SSSR count). The van der Waals surface area contributed by atoms with Gasteiger partial charge in [0.05, 0.1) is 5.88 Å². The molecule has 2 heterocycles. The zero-order valence-corrected chi connectivity index (χ0v) is 10.8. The molecule has 0 spiro atoms. The molecule has 0 N–H and O–H groups in total. The van der Waals surface area contributed by atoms with E-state index in [1.54, 1.807) is 28.2 Å². The second-order valence-electron chi connectivity index (χ2n) is 4.02. The average Bonchev–Trinajstić information content (AvgIpc) is 2.85. The van der Waals surface area contributed by atoms with E-state index >= 15 is 0 Å². The highest BCUT2D eigenvalue weighted by Crippen LogP contribution is 2.22. The van der Waals surface area contributed by atoms with E-state index < -0.39 is 10.0 Å². The molecule has 6 heteroatoms. The van der Waals surface area contributed by atoms with Gasteiger partial charge in [0.25, 0.3) is 0 Å². The first-order valence-electron chi connectivity index (χ1n) is 5.27. The number of hydrogen-bond acceptors (Lipinski definition) is 2. The van der Waals surface area contributed by atoms with Gasteiger partial charge in [-0.15, -0.1) is 11.6 Å². The molecule has 0 aliphatic carbocycles. The number of halogens is 1. The largest absolute Gasteiger partial charge is 0.352 e. The second kappa shape index (κ2) is 4.39. The van der Waals surface area contributed by atoms with Crippen LogP contribution in [0.3, 0.4) is 0 Å². The summed E-state index contributed by atoms with van der Waals surface area (Å²) in [4.78, 5) is 0.354. The summed E-state index contributed by atoms with van der Waals surface area (Å²) >= 11 is 5.73. The van der Waals surface area contributed by atoms with E-state index in [1.165, 1.54) is 0 Å². The third kappa shape index (κ3) is 1.99. The van der Waals surface area contributed by atoms with Gasteiger partial charge in [0.15, 0.2) is 0 Å². The van der Waals surface area contributed by atoms with Crippen LogP contribution in [0.2, 0.25) is 0 Å². The lowest BCUT2D eigenvalue weighted by molar-refractivity contribution is 0.477. The maximum atomic E-state index is 12.2. The summed E-state index contributed by atoms with van der Waals surface area (Å²) < 4.78 is 27.7. The van der Waals surface area contributed by atoms with Gasteiger partial charge >= 0.3 is 0 Å². The van der Waals surface area contributed by atoms with Crippen LogP contribution >= 0.6 is 11.6 Å². The van der Waals surface area contributed by atoms with E-state index in [0.29, 0.717) is 23.9 Å². The van der Waals surface area contributed by atoms with E-state index in [4.69, 9.17) is 11.6 Å². The Labute approximate surface area is 101 Å². The van der Waals surface area contributed by atoms with Crippen LogP contribution in [0.15, 0.2) is 17.2 Å². The normalized spacial score (nSPS) is 18.1. The first-order valence-corrected chi connectivity index (χ1v) is 7.24. The lowest BCUT2D eigenvalue weighted by Gasteiger charge is -2.13. The molecule has 1 saturated heterocycles. The molecule has 0 bridgehead atoms. The quantitative estimate of drug-likeness (QED) is 0.776. The number of hydrogen-bond donors (Lipinski definition) is 0. The third-order valence-corrected chi connectivity index (χ3v) is 5.06. The van der Waals surface area contributed by atoms with Crippen molar-refractivity contribution in [2.24, 2.45) is 7.05 Å². The van der Waals surface area contributed by atoms with E-state index in [9.17, 15) is 8.42 Å². The van der Waals surface area contributed by atoms with Gasteiger partial charge < -0.3 is 4.57 Å². The molecule has 1 aromatic rings. The van der Waals surface area contributed by atoms with Gasteiger partial charge in [-0.2, -0.15) is 4.31 Å². The van der Waals surface area contributed by atoms with Gasteiger partial charge in [-0.05, 0) is 18.9 Å². The van der Waals surface area contributed by atoms with Crippen molar-refractivity contribution >= 4 is 21.6 Å².